The van der Waals surface area contributed by atoms with Gasteiger partial charge in [0.25, 0.3) is 0 Å². The van der Waals surface area contributed by atoms with Crippen molar-refractivity contribution in [1.29, 1.82) is 0 Å². The lowest BCUT2D eigenvalue weighted by Crippen LogP contribution is -2.43. The number of hydrogen-bond acceptors (Lipinski definition) is 3. The molecule has 1 aliphatic rings. The molecule has 0 aliphatic carbocycles. The van der Waals surface area contributed by atoms with Gasteiger partial charge in [0, 0.05) is 33.0 Å². The topological polar surface area (TPSA) is 57.7 Å². The summed E-state index contributed by atoms with van der Waals surface area (Å²) >= 11 is 0. The Kier molecular flexibility index (Phi) is 5.63. The molecule has 0 aromatic heterocycles. The highest BCUT2D eigenvalue weighted by molar-refractivity contribution is 6.10. The molecule has 28 heavy (non-hydrogen) atoms. The number of imide groups is 1. The molecular weight excluding hydrogens is 352 g/mol. The number of nitrogens with zero attached hydrogens (tertiary/aromatic N) is 2. The number of likely N-dealkylation sites (N-methyl/N-ethyl adjacent to an activating group) is 1. The maximum Gasteiger partial charge on any atom is 0.240 e. The fourth-order valence-corrected chi connectivity index (χ4v) is 4.01. The molecular formula is C23H26N2O3. The molecule has 0 spiro atoms. The van der Waals surface area contributed by atoms with E-state index in [0.717, 1.165) is 16.7 Å². The Bertz CT molecular complexity index is 894. The van der Waals surface area contributed by atoms with E-state index in [1.54, 1.807) is 18.9 Å². The van der Waals surface area contributed by atoms with Crippen molar-refractivity contribution in [3.8, 4) is 0 Å². The molecule has 1 saturated heterocycles. The molecule has 5 nitrogen and oxygen atoms in total. The third kappa shape index (κ3) is 3.57. The Morgan fingerprint density at radius 1 is 1.07 bits per heavy atom. The summed E-state index contributed by atoms with van der Waals surface area (Å²) in [5, 5.41) is 0. The van der Waals surface area contributed by atoms with E-state index in [2.05, 4.69) is 0 Å². The van der Waals surface area contributed by atoms with Gasteiger partial charge in [-0.25, -0.2) is 0 Å². The molecule has 0 saturated carbocycles. The summed E-state index contributed by atoms with van der Waals surface area (Å²) in [7, 11) is 1.74. The first-order valence-corrected chi connectivity index (χ1v) is 9.58. The van der Waals surface area contributed by atoms with Crippen LogP contribution in [-0.4, -0.2) is 41.1 Å². The van der Waals surface area contributed by atoms with Crippen LogP contribution in [0.15, 0.2) is 54.6 Å². The Labute approximate surface area is 166 Å². The van der Waals surface area contributed by atoms with Crippen molar-refractivity contribution >= 4 is 17.7 Å². The molecule has 1 fully saturated rings. The fraction of sp³-hybridized carbons (Fsp3) is 0.348. The zero-order valence-corrected chi connectivity index (χ0v) is 16.6. The Balaban J connectivity index is 1.93. The summed E-state index contributed by atoms with van der Waals surface area (Å²) in [6.45, 7) is 4.48. The van der Waals surface area contributed by atoms with Crippen LogP contribution in [0.25, 0.3) is 0 Å². The highest BCUT2D eigenvalue weighted by Crippen LogP contribution is 2.41. The second-order valence-corrected chi connectivity index (χ2v) is 7.43. The maximum absolute atomic E-state index is 13.3. The van der Waals surface area contributed by atoms with Gasteiger partial charge in [0.15, 0.2) is 0 Å². The van der Waals surface area contributed by atoms with Gasteiger partial charge in [-0.15, -0.1) is 0 Å². The van der Waals surface area contributed by atoms with Gasteiger partial charge >= 0.3 is 0 Å². The number of likely N-dealkylation sites (tertiary alicyclic amines) is 1. The van der Waals surface area contributed by atoms with Gasteiger partial charge < -0.3 is 4.90 Å². The quantitative estimate of drug-likeness (QED) is 0.726. The zero-order valence-electron chi connectivity index (χ0n) is 16.6. The number of benzene rings is 2. The summed E-state index contributed by atoms with van der Waals surface area (Å²) in [6, 6.07) is 17.3. The Morgan fingerprint density at radius 3 is 2.32 bits per heavy atom. The monoisotopic (exact) mass is 378 g/mol. The molecule has 3 amide bonds. The van der Waals surface area contributed by atoms with Gasteiger partial charge in [-0.05, 0) is 30.5 Å². The smallest absolute Gasteiger partial charge is 0.240 e. The van der Waals surface area contributed by atoms with Gasteiger partial charge in [0.1, 0.15) is 0 Å². The first kappa shape index (κ1) is 19.8. The van der Waals surface area contributed by atoms with Crippen LogP contribution < -0.4 is 0 Å². The molecule has 146 valence electrons. The predicted molar refractivity (Wildman–Crippen MR) is 107 cm³/mol. The third-order valence-electron chi connectivity index (χ3n) is 5.53. The van der Waals surface area contributed by atoms with Crippen LogP contribution in [0, 0.1) is 6.92 Å². The van der Waals surface area contributed by atoms with Crippen molar-refractivity contribution in [2.24, 2.45) is 0 Å². The van der Waals surface area contributed by atoms with Crippen LogP contribution in [0.2, 0.25) is 0 Å². The number of hydrogen-bond donors (Lipinski definition) is 0. The van der Waals surface area contributed by atoms with Crippen molar-refractivity contribution < 1.29 is 14.4 Å². The molecule has 0 N–H and O–H groups in total. The average Bonchev–Trinajstić information content (AvgIpc) is 2.92. The molecule has 1 unspecified atom stereocenters. The van der Waals surface area contributed by atoms with E-state index in [1.165, 1.54) is 4.90 Å². The van der Waals surface area contributed by atoms with Gasteiger partial charge in [0.05, 0.1) is 5.41 Å². The van der Waals surface area contributed by atoms with Crippen molar-refractivity contribution in [3.05, 3.63) is 71.3 Å². The lowest BCUT2D eigenvalue weighted by Gasteiger charge is -2.30. The lowest BCUT2D eigenvalue weighted by atomic mass is 9.74. The highest BCUT2D eigenvalue weighted by atomic mass is 16.2. The minimum Gasteiger partial charge on any atom is -0.341 e. The van der Waals surface area contributed by atoms with E-state index in [9.17, 15) is 14.4 Å². The predicted octanol–water partition coefficient (Wildman–Crippen LogP) is 3.06. The molecule has 2 aromatic rings. The summed E-state index contributed by atoms with van der Waals surface area (Å²) in [4.78, 5) is 41.8. The molecule has 5 heteroatoms. The number of rotatable bonds is 6. The molecule has 1 atom stereocenters. The van der Waals surface area contributed by atoms with Crippen LogP contribution in [0.4, 0.5) is 0 Å². The van der Waals surface area contributed by atoms with Crippen LogP contribution in [0.5, 0.6) is 0 Å². The van der Waals surface area contributed by atoms with E-state index in [4.69, 9.17) is 0 Å². The van der Waals surface area contributed by atoms with Gasteiger partial charge in [0.2, 0.25) is 17.7 Å². The third-order valence-corrected chi connectivity index (χ3v) is 5.53. The summed E-state index contributed by atoms with van der Waals surface area (Å²) in [5.74, 6) is -0.628. The zero-order chi connectivity index (χ0) is 20.3. The van der Waals surface area contributed by atoms with E-state index in [-0.39, 0.29) is 30.6 Å². The van der Waals surface area contributed by atoms with E-state index in [0.29, 0.717) is 13.1 Å². The van der Waals surface area contributed by atoms with Gasteiger partial charge in [-0.3, -0.25) is 19.3 Å². The maximum atomic E-state index is 13.3. The number of aryl methyl sites for hydroxylation is 1. The number of carbonyl (C=O) groups excluding carboxylic acids is 3. The summed E-state index contributed by atoms with van der Waals surface area (Å²) in [5.41, 5.74) is 1.58. The largest absolute Gasteiger partial charge is 0.341 e. The molecule has 3 rings (SSSR count). The second-order valence-electron chi connectivity index (χ2n) is 7.43. The number of amides is 3. The van der Waals surface area contributed by atoms with Crippen molar-refractivity contribution in [2.75, 3.05) is 13.6 Å². The van der Waals surface area contributed by atoms with Gasteiger partial charge in [-0.1, -0.05) is 54.6 Å². The fourth-order valence-electron chi connectivity index (χ4n) is 4.01. The normalized spacial score (nSPS) is 19.2. The van der Waals surface area contributed by atoms with Crippen molar-refractivity contribution in [2.45, 2.75) is 38.6 Å². The summed E-state index contributed by atoms with van der Waals surface area (Å²) in [6.07, 6.45) is 0.0255. The molecule has 0 radical (unpaired) electrons. The Morgan fingerprint density at radius 2 is 1.71 bits per heavy atom. The second kappa shape index (κ2) is 7.97. The average molecular weight is 378 g/mol. The minimum absolute atomic E-state index is 0.0116. The van der Waals surface area contributed by atoms with E-state index >= 15 is 0 Å². The van der Waals surface area contributed by atoms with Crippen LogP contribution >= 0.6 is 0 Å². The SMILES string of the molecule is CCN1C(=O)CC(CC(=O)N(C)Cc2ccccc2)(c2ccccc2C)C1=O. The molecule has 0 bridgehead atoms. The van der Waals surface area contributed by atoms with Crippen molar-refractivity contribution in [3.63, 3.8) is 0 Å². The standard InChI is InChI=1S/C23H26N2O3/c1-4-25-21(27)15-23(22(25)28,19-13-9-8-10-17(19)2)14-20(26)24(3)16-18-11-6-5-7-12-18/h5-13H,4,14-16H2,1-3H3. The van der Waals surface area contributed by atoms with Gasteiger partial charge in [-0.2, -0.15) is 0 Å². The van der Waals surface area contributed by atoms with E-state index in [1.807, 2.05) is 61.5 Å². The number of carbonyl (C=O) groups is 3. The molecule has 2 aromatic carbocycles. The molecule has 1 heterocycles. The summed E-state index contributed by atoms with van der Waals surface area (Å²) < 4.78 is 0. The van der Waals surface area contributed by atoms with E-state index < -0.39 is 5.41 Å². The van der Waals surface area contributed by atoms with Crippen LogP contribution in [0.1, 0.15) is 36.5 Å². The molecule has 1 aliphatic heterocycles. The Hall–Kier alpha value is -2.95. The van der Waals surface area contributed by atoms with Crippen LogP contribution in [0.3, 0.4) is 0 Å². The highest BCUT2D eigenvalue weighted by Gasteiger charge is 2.53. The lowest BCUT2D eigenvalue weighted by molar-refractivity contribution is -0.142. The first-order valence-electron chi connectivity index (χ1n) is 9.58. The van der Waals surface area contributed by atoms with Crippen molar-refractivity contribution in [1.82, 2.24) is 9.80 Å². The minimum atomic E-state index is -1.12. The van der Waals surface area contributed by atoms with Crippen LogP contribution in [-0.2, 0) is 26.3 Å². The first-order chi connectivity index (χ1) is 13.4.